The lowest BCUT2D eigenvalue weighted by Gasteiger charge is -2.07. The highest BCUT2D eigenvalue weighted by Gasteiger charge is 2.09. The molecule has 0 radical (unpaired) electrons. The number of hydrogen-bond acceptors (Lipinski definition) is 5. The Balaban J connectivity index is 2.32. The van der Waals surface area contributed by atoms with Crippen LogP contribution in [0.4, 0.5) is 0 Å². The number of ether oxygens (including phenoxy) is 1. The van der Waals surface area contributed by atoms with Gasteiger partial charge in [-0.1, -0.05) is 0 Å². The molecular formula is C14H12N2O3S. The molecule has 0 aliphatic rings. The number of pyridine rings is 1. The Kier molecular flexibility index (Phi) is 3.72. The minimum Gasteiger partial charge on any atom is -0.438 e. The van der Waals surface area contributed by atoms with Crippen molar-refractivity contribution in [3.8, 4) is 17.7 Å². The van der Waals surface area contributed by atoms with Gasteiger partial charge in [-0.25, -0.2) is 13.4 Å². The van der Waals surface area contributed by atoms with Crippen LogP contribution in [0.15, 0.2) is 41.3 Å². The minimum atomic E-state index is -3.24. The predicted octanol–water partition coefficient (Wildman–Crippen LogP) is 2.46. The zero-order chi connectivity index (χ0) is 14.8. The Morgan fingerprint density at radius 2 is 1.80 bits per heavy atom. The summed E-state index contributed by atoms with van der Waals surface area (Å²) in [5.41, 5.74) is 1.05. The van der Waals surface area contributed by atoms with Crippen LogP contribution in [0, 0.1) is 18.3 Å². The molecule has 0 aliphatic carbocycles. The Morgan fingerprint density at radius 1 is 1.15 bits per heavy atom. The third kappa shape index (κ3) is 3.13. The van der Waals surface area contributed by atoms with Crippen LogP contribution in [0.3, 0.4) is 0 Å². The summed E-state index contributed by atoms with van der Waals surface area (Å²) in [5, 5.41) is 8.99. The first kappa shape index (κ1) is 14.0. The van der Waals surface area contributed by atoms with Crippen LogP contribution < -0.4 is 4.74 Å². The van der Waals surface area contributed by atoms with Crippen LogP contribution in [-0.4, -0.2) is 19.7 Å². The van der Waals surface area contributed by atoms with E-state index in [1.165, 1.54) is 24.3 Å². The van der Waals surface area contributed by atoms with Crippen molar-refractivity contribution in [1.82, 2.24) is 4.98 Å². The van der Waals surface area contributed by atoms with Gasteiger partial charge in [0.25, 0.3) is 0 Å². The predicted molar refractivity (Wildman–Crippen MR) is 73.3 cm³/mol. The van der Waals surface area contributed by atoms with E-state index in [-0.39, 0.29) is 10.8 Å². The van der Waals surface area contributed by atoms with Gasteiger partial charge in [-0.2, -0.15) is 5.26 Å². The lowest BCUT2D eigenvalue weighted by atomic mass is 10.2. The van der Waals surface area contributed by atoms with Gasteiger partial charge in [0, 0.05) is 11.9 Å². The largest absolute Gasteiger partial charge is 0.438 e. The number of nitriles is 1. The van der Waals surface area contributed by atoms with E-state index < -0.39 is 9.84 Å². The van der Waals surface area contributed by atoms with E-state index in [4.69, 9.17) is 10.00 Å². The van der Waals surface area contributed by atoms with Gasteiger partial charge < -0.3 is 4.74 Å². The van der Waals surface area contributed by atoms with Gasteiger partial charge in [0.05, 0.1) is 4.90 Å². The fourth-order valence-electron chi connectivity index (χ4n) is 1.56. The molecule has 0 spiro atoms. The Labute approximate surface area is 117 Å². The SMILES string of the molecule is Cc1ccc(C#N)c(Oc2ccc(S(C)(=O)=O)cc2)n1. The molecule has 0 atom stereocenters. The number of sulfone groups is 1. The second-order valence-electron chi connectivity index (χ2n) is 4.26. The van der Waals surface area contributed by atoms with Crippen molar-refractivity contribution in [2.45, 2.75) is 11.8 Å². The van der Waals surface area contributed by atoms with E-state index in [0.29, 0.717) is 11.3 Å². The summed E-state index contributed by atoms with van der Waals surface area (Å²) in [7, 11) is -3.24. The highest BCUT2D eigenvalue weighted by atomic mass is 32.2. The Morgan fingerprint density at radius 3 is 2.35 bits per heavy atom. The number of nitrogens with zero attached hydrogens (tertiary/aromatic N) is 2. The molecule has 5 nitrogen and oxygen atoms in total. The first-order valence-electron chi connectivity index (χ1n) is 5.76. The van der Waals surface area contributed by atoms with E-state index in [1.54, 1.807) is 19.1 Å². The lowest BCUT2D eigenvalue weighted by Crippen LogP contribution is -1.97. The van der Waals surface area contributed by atoms with Crippen LogP contribution in [-0.2, 0) is 9.84 Å². The molecule has 6 heteroatoms. The average Bonchev–Trinajstić information content (AvgIpc) is 2.38. The summed E-state index contributed by atoms with van der Waals surface area (Å²) in [6, 6.07) is 11.3. The fourth-order valence-corrected chi connectivity index (χ4v) is 2.19. The van der Waals surface area contributed by atoms with Crippen molar-refractivity contribution in [1.29, 1.82) is 5.26 Å². The highest BCUT2D eigenvalue weighted by Crippen LogP contribution is 2.24. The molecule has 0 bridgehead atoms. The molecule has 0 unspecified atom stereocenters. The quantitative estimate of drug-likeness (QED) is 0.866. The molecule has 1 heterocycles. The second-order valence-corrected chi connectivity index (χ2v) is 6.28. The van der Waals surface area contributed by atoms with Crippen molar-refractivity contribution in [3.63, 3.8) is 0 Å². The molecular weight excluding hydrogens is 276 g/mol. The lowest BCUT2D eigenvalue weighted by molar-refractivity contribution is 0.459. The molecule has 0 N–H and O–H groups in total. The molecule has 1 aromatic carbocycles. The van der Waals surface area contributed by atoms with Crippen molar-refractivity contribution in [3.05, 3.63) is 47.7 Å². The van der Waals surface area contributed by atoms with Crippen molar-refractivity contribution in [2.75, 3.05) is 6.26 Å². The summed E-state index contributed by atoms with van der Waals surface area (Å²) in [5.74, 6) is 0.631. The summed E-state index contributed by atoms with van der Waals surface area (Å²) >= 11 is 0. The maximum Gasteiger partial charge on any atom is 0.237 e. The molecule has 0 saturated heterocycles. The summed E-state index contributed by atoms with van der Waals surface area (Å²) in [6.07, 6.45) is 1.14. The van der Waals surface area contributed by atoms with Gasteiger partial charge in [-0.15, -0.1) is 0 Å². The van der Waals surface area contributed by atoms with Gasteiger partial charge in [0.2, 0.25) is 5.88 Å². The molecule has 0 fully saturated rings. The standard InChI is InChI=1S/C14H12N2O3S/c1-10-3-4-11(9-15)14(16-10)19-12-5-7-13(8-6-12)20(2,17)18/h3-8H,1-2H3. The number of rotatable bonds is 3. The molecule has 0 aliphatic heterocycles. The minimum absolute atomic E-state index is 0.208. The van der Waals surface area contributed by atoms with Gasteiger partial charge in [-0.05, 0) is 43.3 Å². The number of aromatic nitrogens is 1. The molecule has 2 aromatic rings. The normalized spacial score (nSPS) is 10.8. The van der Waals surface area contributed by atoms with E-state index in [2.05, 4.69) is 4.98 Å². The van der Waals surface area contributed by atoms with Crippen LogP contribution in [0.1, 0.15) is 11.3 Å². The van der Waals surface area contributed by atoms with Gasteiger partial charge in [0.15, 0.2) is 9.84 Å². The third-order valence-electron chi connectivity index (χ3n) is 2.59. The van der Waals surface area contributed by atoms with Crippen molar-refractivity contribution >= 4 is 9.84 Å². The van der Waals surface area contributed by atoms with Crippen LogP contribution >= 0.6 is 0 Å². The zero-order valence-corrected chi connectivity index (χ0v) is 11.8. The molecule has 1 aromatic heterocycles. The molecule has 102 valence electrons. The van der Waals surface area contributed by atoms with Crippen molar-refractivity contribution < 1.29 is 13.2 Å². The summed E-state index contributed by atoms with van der Waals surface area (Å²) in [6.45, 7) is 1.79. The van der Waals surface area contributed by atoms with Crippen LogP contribution in [0.2, 0.25) is 0 Å². The Bertz CT molecular complexity index is 775. The molecule has 20 heavy (non-hydrogen) atoms. The maximum absolute atomic E-state index is 11.4. The number of benzene rings is 1. The zero-order valence-electron chi connectivity index (χ0n) is 11.0. The third-order valence-corrected chi connectivity index (χ3v) is 3.71. The average molecular weight is 288 g/mol. The van der Waals surface area contributed by atoms with E-state index in [0.717, 1.165) is 11.9 Å². The maximum atomic E-state index is 11.4. The first-order valence-corrected chi connectivity index (χ1v) is 7.65. The molecule has 0 amide bonds. The van der Waals surface area contributed by atoms with Gasteiger partial charge >= 0.3 is 0 Å². The smallest absolute Gasteiger partial charge is 0.237 e. The summed E-state index contributed by atoms with van der Waals surface area (Å²) in [4.78, 5) is 4.36. The highest BCUT2D eigenvalue weighted by molar-refractivity contribution is 7.90. The first-order chi connectivity index (χ1) is 9.40. The van der Waals surface area contributed by atoms with Crippen LogP contribution in [0.25, 0.3) is 0 Å². The van der Waals surface area contributed by atoms with E-state index >= 15 is 0 Å². The molecule has 2 rings (SSSR count). The van der Waals surface area contributed by atoms with E-state index in [9.17, 15) is 8.42 Å². The monoisotopic (exact) mass is 288 g/mol. The topological polar surface area (TPSA) is 80.0 Å². The van der Waals surface area contributed by atoms with Gasteiger partial charge in [0.1, 0.15) is 17.4 Å². The Hall–Kier alpha value is -2.39. The second kappa shape index (κ2) is 5.31. The van der Waals surface area contributed by atoms with Crippen LogP contribution in [0.5, 0.6) is 11.6 Å². The van der Waals surface area contributed by atoms with Crippen molar-refractivity contribution in [2.24, 2.45) is 0 Å². The van der Waals surface area contributed by atoms with Gasteiger partial charge in [-0.3, -0.25) is 0 Å². The summed E-state index contributed by atoms with van der Waals surface area (Å²) < 4.78 is 28.2. The number of hydrogen-bond donors (Lipinski definition) is 0. The molecule has 0 saturated carbocycles. The van der Waals surface area contributed by atoms with E-state index in [1.807, 2.05) is 6.07 Å². The number of aryl methyl sites for hydroxylation is 1. The fraction of sp³-hybridized carbons (Fsp3) is 0.143.